The first kappa shape index (κ1) is 14.3. The zero-order valence-electron chi connectivity index (χ0n) is 11.4. The number of rotatable bonds is 5. The van der Waals surface area contributed by atoms with Gasteiger partial charge in [-0.1, -0.05) is 0 Å². The van der Waals surface area contributed by atoms with Crippen LogP contribution in [0.5, 0.6) is 0 Å². The molecule has 2 aliphatic heterocycles. The standard InChI is InChI=1S/C13H23N3O3/c17-12(15-5-1-2-6-15)3-4-14-11-13(18)16-7-9-19-10-8-16/h14H,1-11H2. The Balaban J connectivity index is 1.55. The molecule has 0 atom stereocenters. The first-order valence-electron chi connectivity index (χ1n) is 7.11. The maximum Gasteiger partial charge on any atom is 0.236 e. The maximum absolute atomic E-state index is 11.8. The van der Waals surface area contributed by atoms with Gasteiger partial charge in [-0.2, -0.15) is 0 Å². The number of hydrogen-bond acceptors (Lipinski definition) is 4. The van der Waals surface area contributed by atoms with Crippen LogP contribution in [0.2, 0.25) is 0 Å². The van der Waals surface area contributed by atoms with Crippen molar-refractivity contribution in [2.24, 2.45) is 0 Å². The van der Waals surface area contributed by atoms with E-state index in [9.17, 15) is 9.59 Å². The van der Waals surface area contributed by atoms with E-state index >= 15 is 0 Å². The molecule has 2 fully saturated rings. The van der Waals surface area contributed by atoms with Crippen LogP contribution in [0.1, 0.15) is 19.3 Å². The summed E-state index contributed by atoms with van der Waals surface area (Å²) in [5, 5.41) is 3.06. The van der Waals surface area contributed by atoms with Crippen LogP contribution < -0.4 is 5.32 Å². The van der Waals surface area contributed by atoms with Crippen LogP contribution in [0.25, 0.3) is 0 Å². The van der Waals surface area contributed by atoms with Gasteiger partial charge in [0, 0.05) is 39.1 Å². The molecule has 0 aromatic carbocycles. The molecule has 1 N–H and O–H groups in total. The molecular formula is C13H23N3O3. The minimum atomic E-state index is 0.0944. The van der Waals surface area contributed by atoms with Gasteiger partial charge in [0.2, 0.25) is 11.8 Å². The molecule has 0 unspecified atom stereocenters. The second-order valence-electron chi connectivity index (χ2n) is 5.01. The smallest absolute Gasteiger partial charge is 0.236 e. The van der Waals surface area contributed by atoms with Gasteiger partial charge in [0.25, 0.3) is 0 Å². The van der Waals surface area contributed by atoms with Crippen molar-refractivity contribution in [3.05, 3.63) is 0 Å². The van der Waals surface area contributed by atoms with E-state index in [1.165, 1.54) is 0 Å². The highest BCUT2D eigenvalue weighted by Gasteiger charge is 2.18. The molecule has 6 nitrogen and oxygen atoms in total. The second-order valence-corrected chi connectivity index (χ2v) is 5.01. The molecule has 19 heavy (non-hydrogen) atoms. The van der Waals surface area contributed by atoms with Crippen LogP contribution in [0.15, 0.2) is 0 Å². The van der Waals surface area contributed by atoms with E-state index in [1.54, 1.807) is 4.90 Å². The highest BCUT2D eigenvalue weighted by atomic mass is 16.5. The van der Waals surface area contributed by atoms with Crippen molar-refractivity contribution in [3.8, 4) is 0 Å². The third-order valence-electron chi connectivity index (χ3n) is 3.61. The fraction of sp³-hybridized carbons (Fsp3) is 0.846. The predicted octanol–water partition coefficient (Wildman–Crippen LogP) is -0.553. The zero-order valence-corrected chi connectivity index (χ0v) is 11.4. The lowest BCUT2D eigenvalue weighted by Crippen LogP contribution is -2.45. The van der Waals surface area contributed by atoms with Gasteiger partial charge < -0.3 is 19.9 Å². The van der Waals surface area contributed by atoms with Gasteiger partial charge in [-0.25, -0.2) is 0 Å². The average Bonchev–Trinajstić information content (AvgIpc) is 2.98. The third kappa shape index (κ3) is 4.47. The largest absolute Gasteiger partial charge is 0.378 e. The van der Waals surface area contributed by atoms with Crippen LogP contribution in [-0.4, -0.2) is 74.1 Å². The maximum atomic E-state index is 11.8. The van der Waals surface area contributed by atoms with E-state index in [0.717, 1.165) is 25.9 Å². The predicted molar refractivity (Wildman–Crippen MR) is 70.7 cm³/mol. The highest BCUT2D eigenvalue weighted by molar-refractivity contribution is 5.79. The Kier molecular flexibility index (Phi) is 5.60. The van der Waals surface area contributed by atoms with E-state index in [-0.39, 0.29) is 11.8 Å². The molecule has 0 spiro atoms. The molecule has 2 aliphatic rings. The quantitative estimate of drug-likeness (QED) is 0.680. The van der Waals surface area contributed by atoms with Gasteiger partial charge in [0.05, 0.1) is 19.8 Å². The zero-order chi connectivity index (χ0) is 13.5. The van der Waals surface area contributed by atoms with Crippen molar-refractivity contribution < 1.29 is 14.3 Å². The molecule has 0 saturated carbocycles. The molecule has 2 heterocycles. The Morgan fingerprint density at radius 1 is 0.947 bits per heavy atom. The van der Waals surface area contributed by atoms with Crippen molar-refractivity contribution in [1.82, 2.24) is 15.1 Å². The van der Waals surface area contributed by atoms with E-state index in [0.29, 0.717) is 45.8 Å². The third-order valence-corrected chi connectivity index (χ3v) is 3.61. The lowest BCUT2D eigenvalue weighted by Gasteiger charge is -2.27. The molecule has 2 saturated heterocycles. The van der Waals surface area contributed by atoms with E-state index in [2.05, 4.69) is 5.32 Å². The summed E-state index contributed by atoms with van der Waals surface area (Å²) in [5.41, 5.74) is 0. The molecule has 0 aliphatic carbocycles. The monoisotopic (exact) mass is 269 g/mol. The van der Waals surface area contributed by atoms with Crippen LogP contribution >= 0.6 is 0 Å². The molecular weight excluding hydrogens is 246 g/mol. The number of nitrogens with zero attached hydrogens (tertiary/aromatic N) is 2. The van der Waals surface area contributed by atoms with Crippen molar-refractivity contribution >= 4 is 11.8 Å². The van der Waals surface area contributed by atoms with Crippen LogP contribution in [-0.2, 0) is 14.3 Å². The Morgan fingerprint density at radius 2 is 1.58 bits per heavy atom. The first-order chi connectivity index (χ1) is 9.27. The normalized spacial score (nSPS) is 19.8. The number of likely N-dealkylation sites (tertiary alicyclic amines) is 1. The molecule has 6 heteroatoms. The fourth-order valence-corrected chi connectivity index (χ4v) is 2.44. The summed E-state index contributed by atoms with van der Waals surface area (Å²) in [5.74, 6) is 0.292. The minimum absolute atomic E-state index is 0.0944. The number of hydrogen-bond donors (Lipinski definition) is 1. The Hall–Kier alpha value is -1.14. The molecule has 0 aromatic heterocycles. The highest BCUT2D eigenvalue weighted by Crippen LogP contribution is 2.08. The number of carbonyl (C=O) groups is 2. The van der Waals surface area contributed by atoms with Crippen LogP contribution in [0.4, 0.5) is 0 Å². The summed E-state index contributed by atoms with van der Waals surface area (Å²) in [7, 11) is 0. The van der Waals surface area contributed by atoms with Gasteiger partial charge in [-0.15, -0.1) is 0 Å². The summed E-state index contributed by atoms with van der Waals surface area (Å²) in [6.07, 6.45) is 2.72. The molecule has 0 bridgehead atoms. The van der Waals surface area contributed by atoms with Crippen molar-refractivity contribution in [2.75, 3.05) is 52.5 Å². The first-order valence-corrected chi connectivity index (χ1v) is 7.11. The van der Waals surface area contributed by atoms with Gasteiger partial charge in [-0.05, 0) is 12.8 Å². The molecule has 0 radical (unpaired) electrons. The van der Waals surface area contributed by atoms with Crippen molar-refractivity contribution in [1.29, 1.82) is 0 Å². The number of amides is 2. The van der Waals surface area contributed by atoms with E-state index < -0.39 is 0 Å². The van der Waals surface area contributed by atoms with Crippen molar-refractivity contribution in [3.63, 3.8) is 0 Å². The Morgan fingerprint density at radius 3 is 2.26 bits per heavy atom. The minimum Gasteiger partial charge on any atom is -0.378 e. The van der Waals surface area contributed by atoms with Gasteiger partial charge in [-0.3, -0.25) is 9.59 Å². The molecule has 2 rings (SSSR count). The lowest BCUT2D eigenvalue weighted by molar-refractivity contribution is -0.134. The lowest BCUT2D eigenvalue weighted by atomic mass is 10.3. The summed E-state index contributed by atoms with van der Waals surface area (Å²) in [4.78, 5) is 27.3. The van der Waals surface area contributed by atoms with Gasteiger partial charge >= 0.3 is 0 Å². The summed E-state index contributed by atoms with van der Waals surface area (Å²) in [6.45, 7) is 5.27. The fourth-order valence-electron chi connectivity index (χ4n) is 2.44. The molecule has 0 aromatic rings. The van der Waals surface area contributed by atoms with E-state index in [1.807, 2.05) is 4.90 Å². The van der Waals surface area contributed by atoms with Crippen molar-refractivity contribution in [2.45, 2.75) is 19.3 Å². The SMILES string of the molecule is O=C(CCNCC(=O)N1CCOCC1)N1CCCC1. The topological polar surface area (TPSA) is 61.9 Å². The average molecular weight is 269 g/mol. The van der Waals surface area contributed by atoms with Gasteiger partial charge in [0.1, 0.15) is 0 Å². The summed E-state index contributed by atoms with van der Waals surface area (Å²) < 4.78 is 5.20. The van der Waals surface area contributed by atoms with Crippen LogP contribution in [0.3, 0.4) is 0 Å². The van der Waals surface area contributed by atoms with E-state index in [4.69, 9.17) is 4.74 Å². The molecule has 108 valence electrons. The second kappa shape index (κ2) is 7.45. The van der Waals surface area contributed by atoms with Gasteiger partial charge in [0.15, 0.2) is 0 Å². The number of morpholine rings is 1. The Labute approximate surface area is 114 Å². The number of carbonyl (C=O) groups excluding carboxylic acids is 2. The summed E-state index contributed by atoms with van der Waals surface area (Å²) in [6, 6.07) is 0. The number of nitrogens with one attached hydrogen (secondary N) is 1. The van der Waals surface area contributed by atoms with Crippen LogP contribution in [0, 0.1) is 0 Å². The number of ether oxygens (including phenoxy) is 1. The summed E-state index contributed by atoms with van der Waals surface area (Å²) >= 11 is 0. The Bertz CT molecular complexity index is 310. The molecule has 2 amide bonds.